The molecule has 0 bridgehead atoms. The van der Waals surface area contributed by atoms with E-state index in [0.29, 0.717) is 0 Å². The summed E-state index contributed by atoms with van der Waals surface area (Å²) in [7, 11) is 0. The normalized spacial score (nSPS) is 13.3. The largest absolute Gasteiger partial charge is 0.309 e. The van der Waals surface area contributed by atoms with Crippen molar-refractivity contribution in [3.63, 3.8) is 0 Å². The standard InChI is InChI=1S/C46H33N3/c1-46(2)39-19-9-6-16-35(39)36-25-24-30(29-40(36)46)31-26-32(45-47-41-20-10-13-23-44(41)49(45)33-14-4-3-5-15-33)28-34(27-31)48-42-21-11-7-17-37(42)38-18-8-12-22-43(38)48/h3-29H,1-2H3. The van der Waals surface area contributed by atoms with Gasteiger partial charge in [-0.3, -0.25) is 4.57 Å². The smallest absolute Gasteiger partial charge is 0.145 e. The molecule has 3 nitrogen and oxygen atoms in total. The molecule has 0 N–H and O–H groups in total. The molecule has 7 aromatic carbocycles. The fourth-order valence-electron chi connectivity index (χ4n) is 8.18. The fraction of sp³-hybridized carbons (Fsp3) is 0.0652. The molecule has 3 heteroatoms. The summed E-state index contributed by atoms with van der Waals surface area (Å²) < 4.78 is 4.72. The van der Waals surface area contributed by atoms with Crippen LogP contribution in [0.4, 0.5) is 0 Å². The molecule has 49 heavy (non-hydrogen) atoms. The van der Waals surface area contributed by atoms with Crippen LogP contribution < -0.4 is 0 Å². The molecule has 0 atom stereocenters. The number of hydrogen-bond acceptors (Lipinski definition) is 1. The molecule has 2 aromatic heterocycles. The Hall–Kier alpha value is -6.19. The predicted molar refractivity (Wildman–Crippen MR) is 204 cm³/mol. The fourth-order valence-corrected chi connectivity index (χ4v) is 8.18. The van der Waals surface area contributed by atoms with Crippen LogP contribution in [0.3, 0.4) is 0 Å². The van der Waals surface area contributed by atoms with Crippen LogP contribution in [0.25, 0.3) is 77.9 Å². The molecule has 0 fully saturated rings. The second-order valence-corrected chi connectivity index (χ2v) is 13.7. The van der Waals surface area contributed by atoms with Gasteiger partial charge in [-0.25, -0.2) is 4.98 Å². The van der Waals surface area contributed by atoms with Gasteiger partial charge in [0.25, 0.3) is 0 Å². The van der Waals surface area contributed by atoms with E-state index in [0.717, 1.165) is 39.4 Å². The lowest BCUT2D eigenvalue weighted by Crippen LogP contribution is -2.14. The molecular weight excluding hydrogens is 595 g/mol. The maximum Gasteiger partial charge on any atom is 0.145 e. The number of benzene rings is 7. The zero-order chi connectivity index (χ0) is 32.7. The van der Waals surface area contributed by atoms with Crippen molar-refractivity contribution in [3.8, 4) is 45.0 Å². The second-order valence-electron chi connectivity index (χ2n) is 13.7. The highest BCUT2D eigenvalue weighted by atomic mass is 15.1. The second kappa shape index (κ2) is 10.4. The summed E-state index contributed by atoms with van der Waals surface area (Å²) in [4.78, 5) is 5.30. The lowest BCUT2D eigenvalue weighted by Gasteiger charge is -2.22. The first kappa shape index (κ1) is 27.9. The molecule has 1 aliphatic rings. The molecule has 0 saturated heterocycles. The van der Waals surface area contributed by atoms with Gasteiger partial charge in [-0.2, -0.15) is 0 Å². The molecule has 9 aromatic rings. The van der Waals surface area contributed by atoms with Crippen LogP contribution >= 0.6 is 0 Å². The van der Waals surface area contributed by atoms with E-state index in [1.165, 1.54) is 49.6 Å². The first-order valence-electron chi connectivity index (χ1n) is 17.0. The molecule has 0 saturated carbocycles. The van der Waals surface area contributed by atoms with Gasteiger partial charge in [0.1, 0.15) is 5.82 Å². The Bertz CT molecular complexity index is 2690. The van der Waals surface area contributed by atoms with Gasteiger partial charge < -0.3 is 4.57 Å². The highest BCUT2D eigenvalue weighted by molar-refractivity contribution is 6.09. The molecule has 0 unspecified atom stereocenters. The number of para-hydroxylation sites is 5. The van der Waals surface area contributed by atoms with Gasteiger partial charge in [0, 0.05) is 33.1 Å². The first-order valence-corrected chi connectivity index (χ1v) is 17.0. The van der Waals surface area contributed by atoms with E-state index in [1.54, 1.807) is 0 Å². The summed E-state index contributed by atoms with van der Waals surface area (Å²) in [6.45, 7) is 4.70. The van der Waals surface area contributed by atoms with Crippen LogP contribution in [0.5, 0.6) is 0 Å². The third kappa shape index (κ3) is 4.12. The highest BCUT2D eigenvalue weighted by Gasteiger charge is 2.35. The molecule has 232 valence electrons. The lowest BCUT2D eigenvalue weighted by atomic mass is 9.81. The molecule has 0 aliphatic heterocycles. The Morgan fingerprint density at radius 3 is 1.82 bits per heavy atom. The van der Waals surface area contributed by atoms with Crippen molar-refractivity contribution in [1.29, 1.82) is 0 Å². The SMILES string of the molecule is CC1(C)c2ccccc2-c2ccc(-c3cc(-c4nc5ccccc5n4-c4ccccc4)cc(-n4c5ccccc5c5ccccc54)c3)cc21. The topological polar surface area (TPSA) is 22.8 Å². The van der Waals surface area contributed by atoms with Crippen molar-refractivity contribution in [1.82, 2.24) is 14.1 Å². The van der Waals surface area contributed by atoms with Crippen molar-refractivity contribution < 1.29 is 0 Å². The Morgan fingerprint density at radius 2 is 1.04 bits per heavy atom. The molecule has 2 heterocycles. The van der Waals surface area contributed by atoms with E-state index in [4.69, 9.17) is 4.98 Å². The number of aromatic nitrogens is 3. The lowest BCUT2D eigenvalue weighted by molar-refractivity contribution is 0.660. The molecular formula is C46H33N3. The van der Waals surface area contributed by atoms with Crippen molar-refractivity contribution >= 4 is 32.8 Å². The van der Waals surface area contributed by atoms with E-state index < -0.39 is 0 Å². The van der Waals surface area contributed by atoms with Gasteiger partial charge in [-0.05, 0) is 94.0 Å². The minimum absolute atomic E-state index is 0.0868. The van der Waals surface area contributed by atoms with Gasteiger partial charge in [0.05, 0.1) is 22.1 Å². The Kier molecular flexibility index (Phi) is 5.92. The van der Waals surface area contributed by atoms with Gasteiger partial charge in [0.2, 0.25) is 0 Å². The van der Waals surface area contributed by atoms with Crippen LogP contribution in [0.2, 0.25) is 0 Å². The quantitative estimate of drug-likeness (QED) is 0.190. The van der Waals surface area contributed by atoms with Crippen LogP contribution in [-0.4, -0.2) is 14.1 Å². The van der Waals surface area contributed by atoms with E-state index in [-0.39, 0.29) is 5.41 Å². The van der Waals surface area contributed by atoms with Crippen LogP contribution in [0.1, 0.15) is 25.0 Å². The molecule has 0 spiro atoms. The van der Waals surface area contributed by atoms with Crippen molar-refractivity contribution in [3.05, 3.63) is 175 Å². The predicted octanol–water partition coefficient (Wildman–Crippen LogP) is 11.8. The monoisotopic (exact) mass is 627 g/mol. The molecule has 1 aliphatic carbocycles. The number of fused-ring (bicyclic) bond motifs is 7. The minimum Gasteiger partial charge on any atom is -0.309 e. The van der Waals surface area contributed by atoms with Crippen LogP contribution in [0, 0.1) is 0 Å². The minimum atomic E-state index is -0.0868. The highest BCUT2D eigenvalue weighted by Crippen LogP contribution is 2.50. The van der Waals surface area contributed by atoms with Crippen LogP contribution in [0.15, 0.2) is 164 Å². The third-order valence-electron chi connectivity index (χ3n) is 10.5. The van der Waals surface area contributed by atoms with E-state index in [2.05, 4.69) is 187 Å². The Morgan fingerprint density at radius 1 is 0.429 bits per heavy atom. The zero-order valence-corrected chi connectivity index (χ0v) is 27.4. The summed E-state index contributed by atoms with van der Waals surface area (Å²) in [6, 6.07) is 59.4. The van der Waals surface area contributed by atoms with Crippen LogP contribution in [-0.2, 0) is 5.41 Å². The summed E-state index contributed by atoms with van der Waals surface area (Å²) >= 11 is 0. The number of imidazole rings is 1. The molecule has 10 rings (SSSR count). The van der Waals surface area contributed by atoms with Gasteiger partial charge in [0.15, 0.2) is 0 Å². The van der Waals surface area contributed by atoms with E-state index in [9.17, 15) is 0 Å². The first-order chi connectivity index (χ1) is 24.1. The van der Waals surface area contributed by atoms with Gasteiger partial charge in [-0.1, -0.05) is 117 Å². The van der Waals surface area contributed by atoms with Gasteiger partial charge in [-0.15, -0.1) is 0 Å². The maximum atomic E-state index is 5.30. The number of nitrogens with zero attached hydrogens (tertiary/aromatic N) is 3. The average molecular weight is 628 g/mol. The van der Waals surface area contributed by atoms with Crippen molar-refractivity contribution in [2.24, 2.45) is 0 Å². The summed E-state index contributed by atoms with van der Waals surface area (Å²) in [5, 5.41) is 2.50. The Labute approximate surface area is 285 Å². The third-order valence-corrected chi connectivity index (χ3v) is 10.5. The molecule has 0 radical (unpaired) electrons. The summed E-state index contributed by atoms with van der Waals surface area (Å²) in [5.41, 5.74) is 15.4. The Balaban J connectivity index is 1.27. The number of hydrogen-bond donors (Lipinski definition) is 0. The zero-order valence-electron chi connectivity index (χ0n) is 27.4. The number of rotatable bonds is 4. The average Bonchev–Trinajstić information content (AvgIpc) is 3.78. The van der Waals surface area contributed by atoms with Gasteiger partial charge >= 0.3 is 0 Å². The maximum absolute atomic E-state index is 5.30. The van der Waals surface area contributed by atoms with E-state index in [1.807, 2.05) is 0 Å². The van der Waals surface area contributed by atoms with E-state index >= 15 is 0 Å². The van der Waals surface area contributed by atoms with Crippen molar-refractivity contribution in [2.75, 3.05) is 0 Å². The summed E-state index contributed by atoms with van der Waals surface area (Å²) in [5.74, 6) is 0.921. The summed E-state index contributed by atoms with van der Waals surface area (Å²) in [6.07, 6.45) is 0. The molecule has 0 amide bonds. The van der Waals surface area contributed by atoms with Crippen molar-refractivity contribution in [2.45, 2.75) is 19.3 Å².